The summed E-state index contributed by atoms with van der Waals surface area (Å²) in [6, 6.07) is 0. The molecule has 2 aromatic heterocycles. The normalized spacial score (nSPS) is 11.9. The fraction of sp³-hybridized carbons (Fsp3) is 0.333. The van der Waals surface area contributed by atoms with Crippen LogP contribution in [-0.4, -0.2) is 71.0 Å². The van der Waals surface area contributed by atoms with E-state index in [1.807, 2.05) is 0 Å². The second kappa shape index (κ2) is 8.05. The molecule has 0 aliphatic rings. The Kier molecular flexibility index (Phi) is 6.07. The number of carboxylic acids is 1. The molecule has 0 fully saturated rings. The Hall–Kier alpha value is -2.23. The summed E-state index contributed by atoms with van der Waals surface area (Å²) in [6.07, 6.45) is 1.11. The number of anilines is 1. The highest BCUT2D eigenvalue weighted by Crippen LogP contribution is 2.23. The Morgan fingerprint density at radius 2 is 2.17 bits per heavy atom. The number of aromatic nitrogens is 5. The van der Waals surface area contributed by atoms with Crippen LogP contribution in [0, 0.1) is 0 Å². The Labute approximate surface area is 143 Å². The van der Waals surface area contributed by atoms with Gasteiger partial charge in [0.05, 0.1) is 24.4 Å². The highest BCUT2D eigenvalue weighted by atomic mass is 32.2. The number of hydrogen-bond donors (Lipinski definition) is 5. The van der Waals surface area contributed by atoms with Crippen LogP contribution in [0.2, 0.25) is 0 Å². The first-order valence-corrected chi connectivity index (χ1v) is 8.16. The molecule has 0 bridgehead atoms. The number of nitrogens with zero attached hydrogens (tertiary/aromatic N) is 5. The molecule has 2 heterocycles. The number of nitrogens with one attached hydrogen (secondary N) is 1. The zero-order valence-corrected chi connectivity index (χ0v) is 13.6. The number of carbonyl (C=O) groups excluding carboxylic acids is 1. The zero-order chi connectivity index (χ0) is 17.7. The quantitative estimate of drug-likeness (QED) is 0.247. The van der Waals surface area contributed by atoms with Gasteiger partial charge in [0, 0.05) is 0 Å². The van der Waals surface area contributed by atoms with Crippen molar-refractivity contribution in [1.82, 2.24) is 30.5 Å². The summed E-state index contributed by atoms with van der Waals surface area (Å²) >= 11 is 2.22. The van der Waals surface area contributed by atoms with E-state index in [2.05, 4.69) is 25.8 Å². The standard InChI is InChI=1S/C9H12BN7O5S2/c11-8-14-15-9(24-8)23-3-6(18)12-5(10(21)22)2-17-1-4(7(19)20)13-16-17/h1,5,21-22H,2-3H2,(H2,11,14)(H,12,18)(H,19,20). The second-order valence-corrected chi connectivity index (χ2v) is 6.65. The van der Waals surface area contributed by atoms with Crippen LogP contribution in [0.3, 0.4) is 0 Å². The lowest BCUT2D eigenvalue weighted by molar-refractivity contribution is -0.119. The summed E-state index contributed by atoms with van der Waals surface area (Å²) in [4.78, 5) is 22.6. The monoisotopic (exact) mass is 373 g/mol. The molecular formula is C9H12BN7O5S2. The third-order valence-corrected chi connectivity index (χ3v) is 4.48. The van der Waals surface area contributed by atoms with Crippen molar-refractivity contribution in [3.8, 4) is 0 Å². The minimum atomic E-state index is -1.87. The van der Waals surface area contributed by atoms with Crippen LogP contribution in [-0.2, 0) is 11.3 Å². The van der Waals surface area contributed by atoms with Gasteiger partial charge < -0.3 is 26.2 Å². The largest absolute Gasteiger partial charge is 0.477 e. The molecule has 6 N–H and O–H groups in total. The molecule has 0 aliphatic carbocycles. The van der Waals surface area contributed by atoms with Gasteiger partial charge in [0.2, 0.25) is 11.0 Å². The molecule has 128 valence electrons. The maximum absolute atomic E-state index is 11.9. The Morgan fingerprint density at radius 1 is 1.42 bits per heavy atom. The van der Waals surface area contributed by atoms with E-state index < -0.39 is 24.9 Å². The van der Waals surface area contributed by atoms with Crippen LogP contribution in [0.4, 0.5) is 5.13 Å². The van der Waals surface area contributed by atoms with Gasteiger partial charge in [-0.1, -0.05) is 28.3 Å². The summed E-state index contributed by atoms with van der Waals surface area (Å²) < 4.78 is 1.60. The molecule has 0 aromatic carbocycles. The minimum absolute atomic E-state index is 0.0322. The molecular weight excluding hydrogens is 361 g/mol. The average molecular weight is 373 g/mol. The summed E-state index contributed by atoms with van der Waals surface area (Å²) in [7, 11) is -1.87. The van der Waals surface area contributed by atoms with Gasteiger partial charge in [-0.05, 0) is 0 Å². The summed E-state index contributed by atoms with van der Waals surface area (Å²) in [6.45, 7) is -0.167. The third kappa shape index (κ3) is 5.15. The lowest BCUT2D eigenvalue weighted by Gasteiger charge is -2.17. The first-order valence-electron chi connectivity index (χ1n) is 6.36. The van der Waals surface area contributed by atoms with E-state index in [0.29, 0.717) is 4.34 Å². The Bertz CT molecular complexity index is 723. The fourth-order valence-corrected chi connectivity index (χ4v) is 3.00. The first-order chi connectivity index (χ1) is 11.3. The molecule has 2 aromatic rings. The molecule has 0 saturated carbocycles. The van der Waals surface area contributed by atoms with E-state index in [0.717, 1.165) is 34.0 Å². The number of rotatable bonds is 8. The molecule has 0 spiro atoms. The topological polar surface area (TPSA) is 189 Å². The van der Waals surface area contributed by atoms with Crippen molar-refractivity contribution < 1.29 is 24.7 Å². The molecule has 0 saturated heterocycles. The van der Waals surface area contributed by atoms with Gasteiger partial charge in [-0.25, -0.2) is 4.79 Å². The van der Waals surface area contributed by atoms with E-state index >= 15 is 0 Å². The van der Waals surface area contributed by atoms with E-state index in [9.17, 15) is 19.6 Å². The van der Waals surface area contributed by atoms with Gasteiger partial charge in [-0.3, -0.25) is 9.48 Å². The van der Waals surface area contributed by atoms with Crippen molar-refractivity contribution in [1.29, 1.82) is 0 Å². The smallest absolute Gasteiger partial charge is 0.476 e. The van der Waals surface area contributed by atoms with Crippen molar-refractivity contribution in [2.24, 2.45) is 0 Å². The van der Waals surface area contributed by atoms with Crippen LogP contribution in [0.15, 0.2) is 10.5 Å². The molecule has 12 nitrogen and oxygen atoms in total. The van der Waals surface area contributed by atoms with E-state index in [1.165, 1.54) is 0 Å². The molecule has 1 atom stereocenters. The number of hydrogen-bond acceptors (Lipinski definition) is 11. The first kappa shape index (κ1) is 18.1. The van der Waals surface area contributed by atoms with Gasteiger partial charge in [0.25, 0.3) is 0 Å². The average Bonchev–Trinajstić information content (AvgIpc) is 3.13. The van der Waals surface area contributed by atoms with Crippen LogP contribution in [0.25, 0.3) is 0 Å². The van der Waals surface area contributed by atoms with Gasteiger partial charge in [0.1, 0.15) is 0 Å². The molecule has 1 unspecified atom stereocenters. The van der Waals surface area contributed by atoms with Crippen molar-refractivity contribution in [3.63, 3.8) is 0 Å². The van der Waals surface area contributed by atoms with Gasteiger partial charge in [-0.2, -0.15) is 0 Å². The maximum Gasteiger partial charge on any atom is 0.477 e. The predicted molar refractivity (Wildman–Crippen MR) is 84.1 cm³/mol. The molecule has 0 radical (unpaired) electrons. The summed E-state index contributed by atoms with van der Waals surface area (Å²) in [5.74, 6) is -2.87. The van der Waals surface area contributed by atoms with Crippen LogP contribution >= 0.6 is 23.1 Å². The van der Waals surface area contributed by atoms with Gasteiger partial charge in [-0.15, -0.1) is 15.3 Å². The Morgan fingerprint density at radius 3 is 2.71 bits per heavy atom. The van der Waals surface area contributed by atoms with E-state index in [1.54, 1.807) is 0 Å². The van der Waals surface area contributed by atoms with E-state index in [-0.39, 0.29) is 23.1 Å². The molecule has 2 rings (SSSR count). The molecule has 15 heteroatoms. The number of aromatic carboxylic acids is 1. The van der Waals surface area contributed by atoms with E-state index in [4.69, 9.17) is 10.8 Å². The number of nitrogen functional groups attached to an aromatic ring is 1. The zero-order valence-electron chi connectivity index (χ0n) is 11.9. The minimum Gasteiger partial charge on any atom is -0.476 e. The Balaban J connectivity index is 1.89. The number of carbonyl (C=O) groups is 2. The third-order valence-electron chi connectivity index (χ3n) is 2.60. The predicted octanol–water partition coefficient (Wildman–Crippen LogP) is -2.30. The molecule has 0 aliphatic heterocycles. The maximum atomic E-state index is 11.9. The highest BCUT2D eigenvalue weighted by molar-refractivity contribution is 8.01. The van der Waals surface area contributed by atoms with Crippen LogP contribution < -0.4 is 11.1 Å². The number of nitrogens with two attached hydrogens (primary N) is 1. The number of thioether (sulfide) groups is 1. The number of amides is 1. The number of carboxylic acid groups (broad SMARTS) is 1. The SMILES string of the molecule is Nc1nnc(SCC(=O)NC(Cn2cc(C(=O)O)nn2)B(O)O)s1. The van der Waals surface area contributed by atoms with Crippen molar-refractivity contribution in [3.05, 3.63) is 11.9 Å². The van der Waals surface area contributed by atoms with Crippen LogP contribution in [0.5, 0.6) is 0 Å². The summed E-state index contributed by atoms with van der Waals surface area (Å²) in [5, 5.41) is 44.4. The van der Waals surface area contributed by atoms with Crippen LogP contribution in [0.1, 0.15) is 10.5 Å². The second-order valence-electron chi connectivity index (χ2n) is 4.41. The van der Waals surface area contributed by atoms with Crippen molar-refractivity contribution >= 4 is 47.2 Å². The molecule has 24 heavy (non-hydrogen) atoms. The van der Waals surface area contributed by atoms with Crippen molar-refractivity contribution in [2.45, 2.75) is 16.8 Å². The molecule has 1 amide bonds. The van der Waals surface area contributed by atoms with Gasteiger partial charge in [0.15, 0.2) is 10.0 Å². The highest BCUT2D eigenvalue weighted by Gasteiger charge is 2.26. The lowest BCUT2D eigenvalue weighted by Crippen LogP contribution is -2.49. The summed E-state index contributed by atoms with van der Waals surface area (Å²) in [5.41, 5.74) is 5.13. The van der Waals surface area contributed by atoms with Crippen molar-refractivity contribution in [2.75, 3.05) is 11.5 Å². The van der Waals surface area contributed by atoms with Gasteiger partial charge >= 0.3 is 13.1 Å². The fourth-order valence-electron chi connectivity index (χ4n) is 1.56. The lowest BCUT2D eigenvalue weighted by atomic mass is 9.79.